The van der Waals surface area contributed by atoms with Crippen LogP contribution in [0.25, 0.3) is 10.2 Å². The van der Waals surface area contributed by atoms with E-state index in [1.165, 1.54) is 15.8 Å². The van der Waals surface area contributed by atoms with E-state index in [9.17, 15) is 9.59 Å². The molecule has 2 aliphatic rings. The van der Waals surface area contributed by atoms with Crippen molar-refractivity contribution in [2.45, 2.75) is 52.5 Å². The van der Waals surface area contributed by atoms with Gasteiger partial charge in [-0.25, -0.2) is 9.78 Å². The second kappa shape index (κ2) is 9.42. The summed E-state index contributed by atoms with van der Waals surface area (Å²) in [5.41, 5.74) is 3.54. The quantitative estimate of drug-likeness (QED) is 0.775. The fourth-order valence-corrected chi connectivity index (χ4v) is 5.78. The molecule has 8 heteroatoms. The molecule has 1 N–H and O–H groups in total. The van der Waals surface area contributed by atoms with Gasteiger partial charge in [-0.05, 0) is 63.6 Å². The molecule has 2 saturated heterocycles. The third kappa shape index (κ3) is 4.95. The third-order valence-electron chi connectivity index (χ3n) is 6.25. The van der Waals surface area contributed by atoms with Crippen LogP contribution < -0.4 is 10.2 Å². The molecule has 0 spiro atoms. The smallest absolute Gasteiger partial charge is 0.409 e. The van der Waals surface area contributed by atoms with Crippen LogP contribution >= 0.6 is 11.3 Å². The lowest BCUT2D eigenvalue weighted by molar-refractivity contribution is -0.126. The SMILES string of the molecule is CCOC(=O)N1CCC(NC(=O)[C@H]2CCCN(c3nc4c(C)cc(C)cc4s3)C2)CC1. The first-order valence-electron chi connectivity index (χ1n) is 11.3. The average molecular weight is 445 g/mol. The Morgan fingerprint density at radius 3 is 2.71 bits per heavy atom. The van der Waals surface area contributed by atoms with E-state index in [-0.39, 0.29) is 24.0 Å². The van der Waals surface area contributed by atoms with E-state index in [4.69, 9.17) is 9.72 Å². The highest BCUT2D eigenvalue weighted by atomic mass is 32.1. The summed E-state index contributed by atoms with van der Waals surface area (Å²) in [6.45, 7) is 9.35. The van der Waals surface area contributed by atoms with Gasteiger partial charge in [0.15, 0.2) is 5.13 Å². The van der Waals surface area contributed by atoms with Gasteiger partial charge in [-0.2, -0.15) is 0 Å². The number of hydrogen-bond donors (Lipinski definition) is 1. The summed E-state index contributed by atoms with van der Waals surface area (Å²) in [6, 6.07) is 4.49. The van der Waals surface area contributed by atoms with Gasteiger partial charge in [-0.1, -0.05) is 17.4 Å². The van der Waals surface area contributed by atoms with Crippen molar-refractivity contribution < 1.29 is 14.3 Å². The highest BCUT2D eigenvalue weighted by Gasteiger charge is 2.30. The predicted octanol–water partition coefficient (Wildman–Crippen LogP) is 3.87. The summed E-state index contributed by atoms with van der Waals surface area (Å²) in [5, 5.41) is 4.25. The Balaban J connectivity index is 1.34. The molecule has 2 amide bonds. The number of fused-ring (bicyclic) bond motifs is 1. The molecule has 0 radical (unpaired) electrons. The van der Waals surface area contributed by atoms with Gasteiger partial charge in [0, 0.05) is 32.2 Å². The molecule has 1 aromatic carbocycles. The molecule has 7 nitrogen and oxygen atoms in total. The largest absolute Gasteiger partial charge is 0.450 e. The number of nitrogens with one attached hydrogen (secondary N) is 1. The van der Waals surface area contributed by atoms with Crippen LogP contribution in [0.4, 0.5) is 9.93 Å². The molecule has 2 aromatic rings. The summed E-state index contributed by atoms with van der Waals surface area (Å²) in [5.74, 6) is 0.110. The fourth-order valence-electron chi connectivity index (χ4n) is 4.60. The van der Waals surface area contributed by atoms with Crippen molar-refractivity contribution in [3.63, 3.8) is 0 Å². The molecule has 168 valence electrons. The first-order valence-corrected chi connectivity index (χ1v) is 12.1. The first-order chi connectivity index (χ1) is 14.9. The zero-order chi connectivity index (χ0) is 22.0. The Morgan fingerprint density at radius 1 is 1.19 bits per heavy atom. The molecule has 31 heavy (non-hydrogen) atoms. The molecular formula is C23H32N4O3S. The van der Waals surface area contributed by atoms with E-state index in [2.05, 4.69) is 36.2 Å². The van der Waals surface area contributed by atoms with Crippen LogP contribution in [0, 0.1) is 19.8 Å². The summed E-state index contributed by atoms with van der Waals surface area (Å²) in [4.78, 5) is 33.7. The number of thiazole rings is 1. The lowest BCUT2D eigenvalue weighted by atomic mass is 9.96. The molecule has 1 aromatic heterocycles. The summed E-state index contributed by atoms with van der Waals surface area (Å²) in [7, 11) is 0. The number of aryl methyl sites for hydroxylation is 2. The molecule has 2 fully saturated rings. The number of nitrogens with zero attached hydrogens (tertiary/aromatic N) is 3. The van der Waals surface area contributed by atoms with Crippen molar-refractivity contribution in [3.8, 4) is 0 Å². The number of carbonyl (C=O) groups excluding carboxylic acids is 2. The van der Waals surface area contributed by atoms with Gasteiger partial charge in [0.2, 0.25) is 5.91 Å². The zero-order valence-corrected chi connectivity index (χ0v) is 19.5. The van der Waals surface area contributed by atoms with Gasteiger partial charge in [0.25, 0.3) is 0 Å². The van der Waals surface area contributed by atoms with Crippen LogP contribution in [0.2, 0.25) is 0 Å². The number of anilines is 1. The normalized spacial score (nSPS) is 20.2. The van der Waals surface area contributed by atoms with Gasteiger partial charge in [-0.3, -0.25) is 4.79 Å². The maximum absolute atomic E-state index is 13.0. The van der Waals surface area contributed by atoms with E-state index >= 15 is 0 Å². The van der Waals surface area contributed by atoms with Crippen molar-refractivity contribution >= 4 is 38.7 Å². The van der Waals surface area contributed by atoms with E-state index in [0.717, 1.165) is 42.9 Å². The number of hydrogen-bond acceptors (Lipinski definition) is 6. The van der Waals surface area contributed by atoms with E-state index in [1.54, 1.807) is 16.2 Å². The zero-order valence-electron chi connectivity index (χ0n) is 18.6. The summed E-state index contributed by atoms with van der Waals surface area (Å²) in [6.07, 6.45) is 3.20. The molecular weight excluding hydrogens is 412 g/mol. The van der Waals surface area contributed by atoms with E-state index in [0.29, 0.717) is 26.2 Å². The third-order valence-corrected chi connectivity index (χ3v) is 7.31. The van der Waals surface area contributed by atoms with Crippen molar-refractivity contribution in [1.29, 1.82) is 0 Å². The Morgan fingerprint density at radius 2 is 1.97 bits per heavy atom. The minimum atomic E-state index is -0.253. The van der Waals surface area contributed by atoms with E-state index < -0.39 is 0 Å². The maximum atomic E-state index is 13.0. The Hall–Kier alpha value is -2.35. The predicted molar refractivity (Wildman–Crippen MR) is 124 cm³/mol. The molecule has 0 bridgehead atoms. The van der Waals surface area contributed by atoms with Crippen LogP contribution in [0.15, 0.2) is 12.1 Å². The first kappa shape index (κ1) is 21.9. The van der Waals surface area contributed by atoms with Crippen LogP contribution in [0.5, 0.6) is 0 Å². The molecule has 3 heterocycles. The van der Waals surface area contributed by atoms with Gasteiger partial charge in [-0.15, -0.1) is 0 Å². The van der Waals surface area contributed by atoms with Crippen LogP contribution in [0.3, 0.4) is 0 Å². The Bertz CT molecular complexity index is 952. The molecule has 1 atom stereocenters. The molecule has 0 saturated carbocycles. The van der Waals surface area contributed by atoms with Crippen LogP contribution in [-0.2, 0) is 9.53 Å². The minimum absolute atomic E-state index is 0.0216. The lowest BCUT2D eigenvalue weighted by Crippen LogP contribution is -2.50. The molecule has 2 aliphatic heterocycles. The van der Waals surface area contributed by atoms with Gasteiger partial charge < -0.3 is 19.9 Å². The van der Waals surface area contributed by atoms with Crippen molar-refractivity contribution in [3.05, 3.63) is 23.3 Å². The molecule has 0 aliphatic carbocycles. The average Bonchev–Trinajstić information content (AvgIpc) is 3.19. The number of carbonyl (C=O) groups is 2. The van der Waals surface area contributed by atoms with Crippen LogP contribution in [-0.4, -0.2) is 60.7 Å². The fraction of sp³-hybridized carbons (Fsp3) is 0.609. The Kier molecular flexibility index (Phi) is 6.65. The molecule has 0 unspecified atom stereocenters. The maximum Gasteiger partial charge on any atom is 0.409 e. The summed E-state index contributed by atoms with van der Waals surface area (Å²) >= 11 is 1.72. The van der Waals surface area contributed by atoms with Crippen molar-refractivity contribution in [2.75, 3.05) is 37.7 Å². The number of rotatable bonds is 4. The molecule has 4 rings (SSSR count). The number of amides is 2. The monoisotopic (exact) mass is 444 g/mol. The number of benzene rings is 1. The number of likely N-dealkylation sites (tertiary alicyclic amines) is 1. The Labute approximate surface area is 187 Å². The van der Waals surface area contributed by atoms with Crippen LogP contribution in [0.1, 0.15) is 43.7 Å². The van der Waals surface area contributed by atoms with Crippen molar-refractivity contribution in [2.24, 2.45) is 5.92 Å². The van der Waals surface area contributed by atoms with E-state index in [1.807, 2.05) is 6.92 Å². The number of piperidine rings is 2. The topological polar surface area (TPSA) is 74.8 Å². The second-order valence-corrected chi connectivity index (χ2v) is 9.69. The lowest BCUT2D eigenvalue weighted by Gasteiger charge is -2.35. The van der Waals surface area contributed by atoms with Gasteiger partial charge in [0.1, 0.15) is 0 Å². The minimum Gasteiger partial charge on any atom is -0.450 e. The van der Waals surface area contributed by atoms with Gasteiger partial charge in [0.05, 0.1) is 22.7 Å². The highest BCUT2D eigenvalue weighted by Crippen LogP contribution is 2.33. The number of ether oxygens (including phenoxy) is 1. The second-order valence-electron chi connectivity index (χ2n) is 8.68. The summed E-state index contributed by atoms with van der Waals surface area (Å²) < 4.78 is 6.29. The standard InChI is InChI=1S/C23H32N4O3S/c1-4-30-23(29)26-10-7-18(8-11-26)24-21(28)17-6-5-9-27(14-17)22-25-20-16(3)12-15(2)13-19(20)31-22/h12-13,17-18H,4-11,14H2,1-3H3,(H,24,28)/t17-/m0/s1. The van der Waals surface area contributed by atoms with Crippen molar-refractivity contribution in [1.82, 2.24) is 15.2 Å². The number of aromatic nitrogens is 1. The highest BCUT2D eigenvalue weighted by molar-refractivity contribution is 7.22. The van der Waals surface area contributed by atoms with Gasteiger partial charge >= 0.3 is 6.09 Å².